The topological polar surface area (TPSA) is 84.9 Å². The highest BCUT2D eigenvalue weighted by atomic mass is 35.7. The van der Waals surface area contributed by atoms with Gasteiger partial charge >= 0.3 is 9.24 Å². The van der Waals surface area contributed by atoms with Gasteiger partial charge in [-0.1, -0.05) is 13.8 Å². The van der Waals surface area contributed by atoms with E-state index in [0.29, 0.717) is 11.8 Å². The monoisotopic (exact) mass is 311 g/mol. The smallest absolute Gasteiger partial charge is 0.301 e. The van der Waals surface area contributed by atoms with Crippen LogP contribution in [-0.4, -0.2) is 31.8 Å². The zero-order valence-corrected chi connectivity index (χ0v) is 12.3. The molecule has 2 heterocycles. The molecule has 3 fully saturated rings. The minimum absolute atomic E-state index is 0.0240. The Kier molecular flexibility index (Phi) is 3.17. The van der Waals surface area contributed by atoms with Crippen LogP contribution in [0.25, 0.3) is 0 Å². The molecule has 0 aromatic carbocycles. The lowest BCUT2D eigenvalue weighted by Gasteiger charge is -2.42. The third kappa shape index (κ3) is 2.20. The molecule has 1 saturated carbocycles. The average Bonchev–Trinajstić information content (AvgIpc) is 2.62. The second kappa shape index (κ2) is 4.29. The maximum Gasteiger partial charge on any atom is 0.301 e. The molecule has 6 atom stereocenters. The van der Waals surface area contributed by atoms with E-state index in [0.717, 1.165) is 12.8 Å². The quantitative estimate of drug-likeness (QED) is 0.594. The van der Waals surface area contributed by atoms with E-state index in [1.54, 1.807) is 0 Å². The van der Waals surface area contributed by atoms with E-state index < -0.39 is 27.4 Å². The normalized spacial score (nSPS) is 49.0. The second-order valence-electron chi connectivity index (χ2n) is 6.00. The Labute approximate surface area is 117 Å². The molecule has 0 spiro atoms. The molecular weight excluding hydrogens is 294 g/mol. The standard InChI is InChI=1S/C11H18ClNO5S/c1-5(2)6-3-4-7-8-9(6)17-10(7)18-11(8,14)13-19(12,15)16/h5-10,13-14H,3-4H2,1-2H3/t6-,7?,8+,9?,10-,11?/m1/s1. The Morgan fingerprint density at radius 2 is 2.11 bits per heavy atom. The summed E-state index contributed by atoms with van der Waals surface area (Å²) < 4.78 is 35.5. The summed E-state index contributed by atoms with van der Waals surface area (Å²) in [6, 6.07) is 0. The molecule has 4 bridgehead atoms. The van der Waals surface area contributed by atoms with Crippen molar-refractivity contribution in [1.82, 2.24) is 4.72 Å². The highest BCUT2D eigenvalue weighted by Crippen LogP contribution is 2.57. The van der Waals surface area contributed by atoms with Gasteiger partial charge in [-0.25, -0.2) is 0 Å². The van der Waals surface area contributed by atoms with Crippen LogP contribution >= 0.6 is 10.7 Å². The Hall–Kier alpha value is 0.0800. The Balaban J connectivity index is 1.89. The Morgan fingerprint density at radius 3 is 2.68 bits per heavy atom. The van der Waals surface area contributed by atoms with Crippen molar-refractivity contribution in [2.45, 2.75) is 45.0 Å². The average molecular weight is 312 g/mol. The first kappa shape index (κ1) is 14.0. The first-order valence-electron chi connectivity index (χ1n) is 6.50. The van der Waals surface area contributed by atoms with Gasteiger partial charge in [0.1, 0.15) is 0 Å². The van der Waals surface area contributed by atoms with Crippen LogP contribution in [0.15, 0.2) is 0 Å². The third-order valence-electron chi connectivity index (χ3n) is 4.58. The van der Waals surface area contributed by atoms with E-state index in [1.807, 2.05) is 4.72 Å². The summed E-state index contributed by atoms with van der Waals surface area (Å²) in [5.41, 5.74) is 0. The van der Waals surface area contributed by atoms with E-state index in [9.17, 15) is 13.5 Å². The van der Waals surface area contributed by atoms with Gasteiger partial charge in [0.15, 0.2) is 6.29 Å². The van der Waals surface area contributed by atoms with Crippen molar-refractivity contribution in [1.29, 1.82) is 0 Å². The van der Waals surface area contributed by atoms with Crippen LogP contribution in [0.5, 0.6) is 0 Å². The number of hydrogen-bond donors (Lipinski definition) is 2. The van der Waals surface area contributed by atoms with Crippen LogP contribution in [0, 0.1) is 23.7 Å². The zero-order chi connectivity index (χ0) is 14.0. The van der Waals surface area contributed by atoms with Crippen LogP contribution in [-0.2, 0) is 18.7 Å². The van der Waals surface area contributed by atoms with Gasteiger partial charge in [0.2, 0.25) is 5.91 Å². The SMILES string of the molecule is CC(C)[C@H]1CCC2[C@@H]3OC1[C@H]2C(O)(NS(=O)(=O)Cl)O3. The maximum absolute atomic E-state index is 11.2. The van der Waals surface area contributed by atoms with E-state index in [4.69, 9.17) is 20.2 Å². The van der Waals surface area contributed by atoms with Crippen molar-refractivity contribution in [3.8, 4) is 0 Å². The van der Waals surface area contributed by atoms with Crippen molar-refractivity contribution in [3.05, 3.63) is 0 Å². The number of rotatable bonds is 3. The maximum atomic E-state index is 11.2. The van der Waals surface area contributed by atoms with E-state index in [2.05, 4.69) is 13.8 Å². The van der Waals surface area contributed by atoms with Crippen LogP contribution in [0.3, 0.4) is 0 Å². The summed E-state index contributed by atoms with van der Waals surface area (Å²) in [5.74, 6) is -1.61. The van der Waals surface area contributed by atoms with Crippen molar-refractivity contribution in [3.63, 3.8) is 0 Å². The van der Waals surface area contributed by atoms with Gasteiger partial charge in [-0.05, 0) is 24.7 Å². The molecule has 3 rings (SSSR count). The molecule has 1 aliphatic carbocycles. The fourth-order valence-electron chi connectivity index (χ4n) is 3.85. The molecule has 110 valence electrons. The van der Waals surface area contributed by atoms with Gasteiger partial charge in [0, 0.05) is 16.6 Å². The summed E-state index contributed by atoms with van der Waals surface area (Å²) in [4.78, 5) is 0. The van der Waals surface area contributed by atoms with E-state index in [1.165, 1.54) is 0 Å². The van der Waals surface area contributed by atoms with E-state index in [-0.39, 0.29) is 12.0 Å². The lowest BCUT2D eigenvalue weighted by molar-refractivity contribution is -0.326. The van der Waals surface area contributed by atoms with E-state index >= 15 is 0 Å². The molecule has 2 aliphatic heterocycles. The molecule has 2 N–H and O–H groups in total. The molecule has 3 aliphatic rings. The van der Waals surface area contributed by atoms with Crippen molar-refractivity contribution >= 4 is 19.9 Å². The molecule has 3 unspecified atom stereocenters. The van der Waals surface area contributed by atoms with Gasteiger partial charge in [0.25, 0.3) is 0 Å². The highest BCUT2D eigenvalue weighted by Gasteiger charge is 2.68. The predicted molar refractivity (Wildman–Crippen MR) is 67.1 cm³/mol. The number of nitrogens with one attached hydrogen (secondary N) is 1. The summed E-state index contributed by atoms with van der Waals surface area (Å²) in [6.45, 7) is 4.21. The summed E-state index contributed by atoms with van der Waals surface area (Å²) in [6.07, 6.45) is 1.14. The lowest BCUT2D eigenvalue weighted by Crippen LogP contribution is -2.59. The molecule has 0 radical (unpaired) electrons. The van der Waals surface area contributed by atoms with Crippen LogP contribution in [0.2, 0.25) is 0 Å². The largest absolute Gasteiger partial charge is 0.352 e. The van der Waals surface area contributed by atoms with Crippen molar-refractivity contribution in [2.75, 3.05) is 0 Å². The van der Waals surface area contributed by atoms with Crippen molar-refractivity contribution in [2.24, 2.45) is 23.7 Å². The van der Waals surface area contributed by atoms with Gasteiger partial charge in [0.05, 0.1) is 12.0 Å². The van der Waals surface area contributed by atoms with Gasteiger partial charge in [-0.3, -0.25) is 0 Å². The molecule has 2 saturated heterocycles. The number of hydrogen-bond acceptors (Lipinski definition) is 5. The molecular formula is C11H18ClNO5S. The summed E-state index contributed by atoms with van der Waals surface area (Å²) in [5, 5.41) is 10.4. The first-order chi connectivity index (χ1) is 8.71. The molecule has 8 heteroatoms. The Bertz CT molecular complexity index is 483. The second-order valence-corrected chi connectivity index (χ2v) is 8.30. The minimum atomic E-state index is -4.07. The molecule has 0 aromatic heterocycles. The third-order valence-corrected chi connectivity index (χ3v) is 5.35. The zero-order valence-electron chi connectivity index (χ0n) is 10.7. The van der Waals surface area contributed by atoms with Crippen LogP contribution < -0.4 is 4.72 Å². The highest BCUT2D eigenvalue weighted by molar-refractivity contribution is 8.12. The fraction of sp³-hybridized carbons (Fsp3) is 1.00. The lowest BCUT2D eigenvalue weighted by atomic mass is 9.70. The first-order valence-corrected chi connectivity index (χ1v) is 8.81. The number of halogens is 1. The fourth-order valence-corrected chi connectivity index (χ4v) is 4.71. The Morgan fingerprint density at radius 1 is 1.42 bits per heavy atom. The number of ether oxygens (including phenoxy) is 2. The van der Waals surface area contributed by atoms with Gasteiger partial charge in [-0.2, -0.15) is 8.42 Å². The summed E-state index contributed by atoms with van der Waals surface area (Å²) in [7, 11) is 1.11. The molecule has 6 nitrogen and oxygen atoms in total. The molecule has 19 heavy (non-hydrogen) atoms. The minimum Gasteiger partial charge on any atom is -0.352 e. The molecule has 0 aromatic rings. The van der Waals surface area contributed by atoms with Crippen molar-refractivity contribution < 1.29 is 23.0 Å². The van der Waals surface area contributed by atoms with Gasteiger partial charge < -0.3 is 14.6 Å². The predicted octanol–water partition coefficient (Wildman–Crippen LogP) is 0.759. The van der Waals surface area contributed by atoms with Crippen LogP contribution in [0.1, 0.15) is 26.7 Å². The van der Waals surface area contributed by atoms with Gasteiger partial charge in [-0.15, -0.1) is 4.72 Å². The van der Waals surface area contributed by atoms with Crippen LogP contribution in [0.4, 0.5) is 0 Å². The number of aliphatic hydroxyl groups is 1. The molecule has 0 amide bonds. The summed E-state index contributed by atoms with van der Waals surface area (Å²) >= 11 is 0.